The van der Waals surface area contributed by atoms with E-state index in [0.717, 1.165) is 17.3 Å². The molecule has 5 rings (SSSR count). The summed E-state index contributed by atoms with van der Waals surface area (Å²) in [5, 5.41) is 0.374. The largest absolute Gasteiger partial charge is 0.454 e. The topological polar surface area (TPSA) is 123 Å². The molecule has 3 aromatic rings. The summed E-state index contributed by atoms with van der Waals surface area (Å²) in [5.41, 5.74) is 6.90. The number of thiocarbonyl (C=S) groups is 1. The summed E-state index contributed by atoms with van der Waals surface area (Å²) in [6.07, 6.45) is 2.24. The zero-order valence-corrected chi connectivity index (χ0v) is 21.7. The SMILES string of the molecule is O=C(CCCN1C(=O)C(=Cc2ccc3c(c2)OCO3)SC1=S)NNC(=O)CSc1nc2ccccc2o1. The van der Waals surface area contributed by atoms with E-state index in [9.17, 15) is 14.4 Å². The Morgan fingerprint density at radius 1 is 1.14 bits per heavy atom. The number of hydrazine groups is 1. The molecule has 1 aromatic heterocycles. The van der Waals surface area contributed by atoms with E-state index >= 15 is 0 Å². The highest BCUT2D eigenvalue weighted by molar-refractivity contribution is 8.26. The minimum Gasteiger partial charge on any atom is -0.454 e. The van der Waals surface area contributed by atoms with Gasteiger partial charge >= 0.3 is 0 Å². The van der Waals surface area contributed by atoms with Crippen LogP contribution in [-0.2, 0) is 14.4 Å². The van der Waals surface area contributed by atoms with Gasteiger partial charge in [-0.2, -0.15) is 0 Å². The standard InChI is InChI=1S/C24H20N4O6S3/c29-20(26-27-21(30)12-36-23-25-15-4-1-2-5-16(15)34-23)6-3-9-28-22(31)19(37-24(28)35)11-14-7-8-17-18(10-14)33-13-32-17/h1-2,4-5,7-8,10-11H,3,6,9,12-13H2,(H,26,29)(H,27,30). The van der Waals surface area contributed by atoms with Crippen molar-refractivity contribution in [1.82, 2.24) is 20.7 Å². The van der Waals surface area contributed by atoms with Crippen LogP contribution in [0.15, 0.2) is 57.0 Å². The van der Waals surface area contributed by atoms with Crippen LogP contribution in [0.3, 0.4) is 0 Å². The number of hydrogen-bond donors (Lipinski definition) is 2. The second-order valence-corrected chi connectivity index (χ2v) is 10.5. The van der Waals surface area contributed by atoms with Gasteiger partial charge in [0.05, 0.1) is 10.7 Å². The molecular weight excluding hydrogens is 536 g/mol. The zero-order valence-electron chi connectivity index (χ0n) is 19.2. The van der Waals surface area contributed by atoms with E-state index in [0.29, 0.717) is 43.5 Å². The summed E-state index contributed by atoms with van der Waals surface area (Å²) in [4.78, 5) is 43.2. The maximum absolute atomic E-state index is 12.8. The molecular formula is C24H20N4O6S3. The first-order chi connectivity index (χ1) is 18.0. The Morgan fingerprint density at radius 3 is 2.81 bits per heavy atom. The lowest BCUT2D eigenvalue weighted by Gasteiger charge is -2.14. The molecule has 0 unspecified atom stereocenters. The summed E-state index contributed by atoms with van der Waals surface area (Å²) in [6.45, 7) is 0.467. The fourth-order valence-electron chi connectivity index (χ4n) is 3.52. The Morgan fingerprint density at radius 2 is 1.95 bits per heavy atom. The molecule has 2 N–H and O–H groups in total. The van der Waals surface area contributed by atoms with Crippen LogP contribution in [-0.4, -0.2) is 51.0 Å². The molecule has 0 saturated carbocycles. The van der Waals surface area contributed by atoms with Crippen molar-refractivity contribution in [3.05, 3.63) is 52.9 Å². The van der Waals surface area contributed by atoms with Gasteiger partial charge in [0.15, 0.2) is 17.1 Å². The average molecular weight is 557 g/mol. The van der Waals surface area contributed by atoms with Gasteiger partial charge in [0.25, 0.3) is 11.1 Å². The van der Waals surface area contributed by atoms with Gasteiger partial charge in [0.1, 0.15) is 9.84 Å². The number of carbonyl (C=O) groups excluding carboxylic acids is 3. The van der Waals surface area contributed by atoms with Crippen LogP contribution >= 0.6 is 35.7 Å². The molecule has 13 heteroatoms. The number of rotatable bonds is 8. The van der Waals surface area contributed by atoms with Gasteiger partial charge in [0, 0.05) is 13.0 Å². The Kier molecular flexibility index (Phi) is 7.63. The first-order valence-corrected chi connectivity index (χ1v) is 13.4. The van der Waals surface area contributed by atoms with E-state index in [1.54, 1.807) is 24.3 Å². The fraction of sp³-hybridized carbons (Fsp3) is 0.208. The van der Waals surface area contributed by atoms with Gasteiger partial charge < -0.3 is 13.9 Å². The van der Waals surface area contributed by atoms with Crippen molar-refractivity contribution in [2.45, 2.75) is 18.1 Å². The third-order valence-electron chi connectivity index (χ3n) is 5.30. The smallest absolute Gasteiger partial charge is 0.266 e. The minimum absolute atomic E-state index is 0.0271. The molecule has 0 spiro atoms. The van der Waals surface area contributed by atoms with E-state index in [-0.39, 0.29) is 37.3 Å². The molecule has 3 heterocycles. The summed E-state index contributed by atoms with van der Waals surface area (Å²) in [6, 6.07) is 12.7. The molecule has 37 heavy (non-hydrogen) atoms. The molecule has 0 aliphatic carbocycles. The number of oxazole rings is 1. The molecule has 3 amide bonds. The van der Waals surface area contributed by atoms with Crippen molar-refractivity contribution in [3.63, 3.8) is 0 Å². The first-order valence-electron chi connectivity index (χ1n) is 11.2. The van der Waals surface area contributed by atoms with Crippen molar-refractivity contribution in [1.29, 1.82) is 0 Å². The highest BCUT2D eigenvalue weighted by atomic mass is 32.2. The predicted molar refractivity (Wildman–Crippen MR) is 143 cm³/mol. The number of para-hydroxylation sites is 2. The number of carbonyl (C=O) groups is 3. The maximum Gasteiger partial charge on any atom is 0.266 e. The van der Waals surface area contributed by atoms with Gasteiger partial charge in [0.2, 0.25) is 18.6 Å². The fourth-order valence-corrected chi connectivity index (χ4v) is 5.47. The van der Waals surface area contributed by atoms with Crippen LogP contribution in [0.1, 0.15) is 18.4 Å². The molecule has 2 aliphatic rings. The zero-order chi connectivity index (χ0) is 25.8. The third-order valence-corrected chi connectivity index (χ3v) is 7.50. The van der Waals surface area contributed by atoms with Crippen LogP contribution in [0, 0.1) is 0 Å². The molecule has 190 valence electrons. The molecule has 2 aromatic carbocycles. The quantitative estimate of drug-likeness (QED) is 0.185. The van der Waals surface area contributed by atoms with Gasteiger partial charge in [-0.1, -0.05) is 53.9 Å². The van der Waals surface area contributed by atoms with Crippen molar-refractivity contribution >= 4 is 75.0 Å². The van der Waals surface area contributed by atoms with Crippen LogP contribution < -0.4 is 20.3 Å². The average Bonchev–Trinajstić information content (AvgIpc) is 3.59. The number of ether oxygens (including phenoxy) is 2. The number of nitrogens with zero attached hydrogens (tertiary/aromatic N) is 2. The molecule has 10 nitrogen and oxygen atoms in total. The molecule has 1 saturated heterocycles. The predicted octanol–water partition coefficient (Wildman–Crippen LogP) is 3.48. The number of fused-ring (bicyclic) bond motifs is 2. The first kappa shape index (κ1) is 25.1. The summed E-state index contributed by atoms with van der Waals surface area (Å²) < 4.78 is 16.7. The number of thioether (sulfide) groups is 2. The molecule has 2 aliphatic heterocycles. The van der Waals surface area contributed by atoms with Crippen LogP contribution in [0.5, 0.6) is 11.5 Å². The number of nitrogens with one attached hydrogen (secondary N) is 2. The third kappa shape index (κ3) is 6.06. The summed E-state index contributed by atoms with van der Waals surface area (Å²) in [5.74, 6) is 0.345. The normalized spacial score (nSPS) is 15.6. The van der Waals surface area contributed by atoms with E-state index in [1.807, 2.05) is 24.3 Å². The Balaban J connectivity index is 1.03. The Labute approximate surface area is 225 Å². The number of aromatic nitrogens is 1. The highest BCUT2D eigenvalue weighted by Crippen LogP contribution is 2.36. The van der Waals surface area contributed by atoms with E-state index in [2.05, 4.69) is 15.8 Å². The van der Waals surface area contributed by atoms with Crippen molar-refractivity contribution in [2.75, 3.05) is 19.1 Å². The van der Waals surface area contributed by atoms with E-state index in [1.165, 1.54) is 16.7 Å². The molecule has 0 radical (unpaired) electrons. The molecule has 0 atom stereocenters. The van der Waals surface area contributed by atoms with Crippen molar-refractivity contribution in [2.24, 2.45) is 0 Å². The van der Waals surface area contributed by atoms with Gasteiger partial charge in [-0.05, 0) is 42.3 Å². The Bertz CT molecular complexity index is 1390. The van der Waals surface area contributed by atoms with Gasteiger partial charge in [-0.3, -0.25) is 30.1 Å². The van der Waals surface area contributed by atoms with Crippen molar-refractivity contribution < 1.29 is 28.3 Å². The van der Waals surface area contributed by atoms with E-state index < -0.39 is 5.91 Å². The van der Waals surface area contributed by atoms with Gasteiger partial charge in [-0.25, -0.2) is 4.98 Å². The van der Waals surface area contributed by atoms with Crippen LogP contribution in [0.4, 0.5) is 0 Å². The lowest BCUT2D eigenvalue weighted by molar-refractivity contribution is -0.128. The molecule has 0 bridgehead atoms. The maximum atomic E-state index is 12.8. The monoisotopic (exact) mass is 556 g/mol. The van der Waals surface area contributed by atoms with Crippen LogP contribution in [0.25, 0.3) is 17.2 Å². The number of hydrogen-bond acceptors (Lipinski definition) is 10. The van der Waals surface area contributed by atoms with Crippen LogP contribution in [0.2, 0.25) is 0 Å². The minimum atomic E-state index is -0.397. The Hall–Kier alpha value is -3.55. The highest BCUT2D eigenvalue weighted by Gasteiger charge is 2.31. The summed E-state index contributed by atoms with van der Waals surface area (Å²) >= 11 is 7.69. The lowest BCUT2D eigenvalue weighted by Crippen LogP contribution is -2.42. The number of amides is 3. The summed E-state index contributed by atoms with van der Waals surface area (Å²) in [7, 11) is 0. The van der Waals surface area contributed by atoms with Crippen molar-refractivity contribution in [3.8, 4) is 11.5 Å². The van der Waals surface area contributed by atoms with Gasteiger partial charge in [-0.15, -0.1) is 0 Å². The number of benzene rings is 2. The van der Waals surface area contributed by atoms with E-state index in [4.69, 9.17) is 26.1 Å². The second-order valence-electron chi connectivity index (χ2n) is 7.88. The second kappa shape index (κ2) is 11.2. The lowest BCUT2D eigenvalue weighted by atomic mass is 10.2. The molecule has 1 fully saturated rings.